The Kier molecular flexibility index (Phi) is 7.76. The van der Waals surface area contributed by atoms with Crippen LogP contribution < -0.4 is 16.4 Å². The highest BCUT2D eigenvalue weighted by atomic mass is 16.2. The summed E-state index contributed by atoms with van der Waals surface area (Å²) in [6, 6.07) is 4.50. The fourth-order valence-electron chi connectivity index (χ4n) is 6.25. The van der Waals surface area contributed by atoms with Gasteiger partial charge in [0.05, 0.1) is 0 Å². The third-order valence-corrected chi connectivity index (χ3v) is 8.24. The van der Waals surface area contributed by atoms with Crippen LogP contribution in [0.25, 0.3) is 0 Å². The molecule has 0 aromatic carbocycles. The molecule has 2 aromatic heterocycles. The van der Waals surface area contributed by atoms with Gasteiger partial charge in [-0.05, 0) is 51.0 Å². The van der Waals surface area contributed by atoms with Crippen molar-refractivity contribution in [1.82, 2.24) is 35.3 Å². The van der Waals surface area contributed by atoms with Crippen molar-refractivity contribution in [2.24, 2.45) is 0 Å². The molecule has 200 valence electrons. The van der Waals surface area contributed by atoms with Gasteiger partial charge in [-0.15, -0.1) is 0 Å². The van der Waals surface area contributed by atoms with Gasteiger partial charge in [0.25, 0.3) is 0 Å². The van der Waals surface area contributed by atoms with Crippen LogP contribution in [0, 0.1) is 0 Å². The van der Waals surface area contributed by atoms with Crippen LogP contribution in [0.15, 0.2) is 18.3 Å². The van der Waals surface area contributed by atoms with Gasteiger partial charge in [-0.2, -0.15) is 10.1 Å². The quantitative estimate of drug-likeness (QED) is 0.466. The molecule has 11 heteroatoms. The molecule has 2 aromatic rings. The summed E-state index contributed by atoms with van der Waals surface area (Å²) in [5.74, 6) is 1.94. The van der Waals surface area contributed by atoms with E-state index >= 15 is 0 Å². The van der Waals surface area contributed by atoms with Crippen molar-refractivity contribution >= 4 is 29.5 Å². The third kappa shape index (κ3) is 6.14. The molecule has 37 heavy (non-hydrogen) atoms. The molecule has 0 bridgehead atoms. The van der Waals surface area contributed by atoms with Crippen molar-refractivity contribution in [3.05, 3.63) is 24.0 Å². The Morgan fingerprint density at radius 2 is 1.84 bits per heavy atom. The maximum Gasteiger partial charge on any atom is 0.318 e. The lowest BCUT2D eigenvalue weighted by Gasteiger charge is -2.40. The number of aromatic amines is 1. The normalized spacial score (nSPS) is 23.1. The van der Waals surface area contributed by atoms with Crippen molar-refractivity contribution in [2.45, 2.75) is 95.2 Å². The summed E-state index contributed by atoms with van der Waals surface area (Å²) >= 11 is 0. The van der Waals surface area contributed by atoms with Crippen LogP contribution in [0.4, 0.5) is 22.4 Å². The number of piperidine rings is 1. The standard InChI is InChI=1S/C26H39N9O2/c1-17(36)34-13-10-19(11-14-34)29-26(37)35(20-5-3-2-4-6-20)21-8-7-18(15-21)22-16-24(33-32-22)30-23-9-12-28-25(27)31-23/h9,12,16,18-21H,2-8,10-11,13-15H2,1H3,(H,29,37)(H4,27,28,30,31,32,33). The van der Waals surface area contributed by atoms with E-state index in [-0.39, 0.29) is 30.0 Å². The molecule has 11 nitrogen and oxygen atoms in total. The van der Waals surface area contributed by atoms with Gasteiger partial charge in [0.2, 0.25) is 11.9 Å². The SMILES string of the molecule is CC(=O)N1CCC(NC(=O)N(C2CCCCC2)C2CCC(c3cc(Nc4ccnc(N)n4)n[nH]3)C2)CC1. The molecule has 5 rings (SSSR count). The van der Waals surface area contributed by atoms with E-state index in [9.17, 15) is 9.59 Å². The first-order chi connectivity index (χ1) is 18.0. The smallest absolute Gasteiger partial charge is 0.318 e. The van der Waals surface area contributed by atoms with Crippen LogP contribution in [0.5, 0.6) is 0 Å². The van der Waals surface area contributed by atoms with Gasteiger partial charge in [-0.25, -0.2) is 9.78 Å². The second-order valence-corrected chi connectivity index (χ2v) is 10.7. The molecule has 3 amide bonds. The third-order valence-electron chi connectivity index (χ3n) is 8.24. The van der Waals surface area contributed by atoms with Crippen LogP contribution in [-0.4, -0.2) is 73.1 Å². The van der Waals surface area contributed by atoms with Crippen LogP contribution in [0.2, 0.25) is 0 Å². The van der Waals surface area contributed by atoms with Crippen LogP contribution in [0.3, 0.4) is 0 Å². The Balaban J connectivity index is 1.22. The topological polar surface area (TPSA) is 145 Å². The first-order valence-electron chi connectivity index (χ1n) is 13.7. The number of rotatable bonds is 6. The molecule has 1 saturated heterocycles. The maximum atomic E-state index is 13.7. The van der Waals surface area contributed by atoms with E-state index in [1.54, 1.807) is 19.2 Å². The fraction of sp³-hybridized carbons (Fsp3) is 0.654. The van der Waals surface area contributed by atoms with Gasteiger partial charge in [0.1, 0.15) is 5.82 Å². The predicted molar refractivity (Wildman–Crippen MR) is 141 cm³/mol. The van der Waals surface area contributed by atoms with Crippen molar-refractivity contribution in [3.8, 4) is 0 Å². The molecular formula is C26H39N9O2. The van der Waals surface area contributed by atoms with E-state index in [2.05, 4.69) is 35.7 Å². The zero-order chi connectivity index (χ0) is 25.8. The average Bonchev–Trinajstić information content (AvgIpc) is 3.55. The van der Waals surface area contributed by atoms with E-state index in [4.69, 9.17) is 5.73 Å². The average molecular weight is 510 g/mol. The van der Waals surface area contributed by atoms with Crippen LogP contribution in [-0.2, 0) is 4.79 Å². The predicted octanol–water partition coefficient (Wildman–Crippen LogP) is 3.52. The zero-order valence-electron chi connectivity index (χ0n) is 21.7. The summed E-state index contributed by atoms with van der Waals surface area (Å²) in [6.45, 7) is 3.05. The molecule has 3 heterocycles. The number of amides is 3. The summed E-state index contributed by atoms with van der Waals surface area (Å²) in [4.78, 5) is 37.5. The number of nitrogen functional groups attached to an aromatic ring is 1. The van der Waals surface area contributed by atoms with Crippen molar-refractivity contribution in [3.63, 3.8) is 0 Å². The van der Waals surface area contributed by atoms with E-state index in [1.165, 1.54) is 19.3 Å². The summed E-state index contributed by atoms with van der Waals surface area (Å²) in [5, 5.41) is 14.1. The lowest BCUT2D eigenvalue weighted by molar-refractivity contribution is -0.129. The molecule has 5 N–H and O–H groups in total. The molecule has 3 aliphatic rings. The summed E-state index contributed by atoms with van der Waals surface area (Å²) < 4.78 is 0. The van der Waals surface area contributed by atoms with E-state index in [0.29, 0.717) is 36.7 Å². The van der Waals surface area contributed by atoms with E-state index in [1.807, 2.05) is 11.0 Å². The highest BCUT2D eigenvalue weighted by Crippen LogP contribution is 2.39. The van der Waals surface area contributed by atoms with Gasteiger partial charge >= 0.3 is 6.03 Å². The second kappa shape index (κ2) is 11.4. The minimum absolute atomic E-state index is 0.0761. The Bertz CT molecular complexity index is 1080. The number of carbonyl (C=O) groups is 2. The van der Waals surface area contributed by atoms with Gasteiger partial charge < -0.3 is 26.2 Å². The van der Waals surface area contributed by atoms with Gasteiger partial charge in [0.15, 0.2) is 5.82 Å². The Labute approximate surface area is 218 Å². The molecular weight excluding hydrogens is 470 g/mol. The monoisotopic (exact) mass is 509 g/mol. The van der Waals surface area contributed by atoms with Gasteiger partial charge in [0, 0.05) is 62.0 Å². The molecule has 0 radical (unpaired) electrons. The van der Waals surface area contributed by atoms with Gasteiger partial charge in [-0.3, -0.25) is 9.89 Å². The fourth-order valence-corrected chi connectivity index (χ4v) is 6.25. The number of nitrogens with zero attached hydrogens (tertiary/aromatic N) is 5. The molecule has 0 spiro atoms. The summed E-state index contributed by atoms with van der Waals surface area (Å²) in [7, 11) is 0. The highest BCUT2D eigenvalue weighted by Gasteiger charge is 2.38. The Hall–Kier alpha value is -3.37. The van der Waals surface area contributed by atoms with Gasteiger partial charge in [-0.1, -0.05) is 19.3 Å². The van der Waals surface area contributed by atoms with E-state index in [0.717, 1.165) is 50.6 Å². The first kappa shape index (κ1) is 25.3. The summed E-state index contributed by atoms with van der Waals surface area (Å²) in [5.41, 5.74) is 6.76. The number of carbonyl (C=O) groups excluding carboxylic acids is 2. The first-order valence-corrected chi connectivity index (χ1v) is 13.7. The maximum absolute atomic E-state index is 13.7. The van der Waals surface area contributed by atoms with Crippen molar-refractivity contribution < 1.29 is 9.59 Å². The Morgan fingerprint density at radius 3 is 2.57 bits per heavy atom. The highest BCUT2D eigenvalue weighted by molar-refractivity contribution is 5.76. The number of anilines is 3. The second-order valence-electron chi connectivity index (χ2n) is 10.7. The minimum atomic E-state index is 0.0761. The van der Waals surface area contributed by atoms with Crippen molar-refractivity contribution in [1.29, 1.82) is 0 Å². The molecule has 3 fully saturated rings. The lowest BCUT2D eigenvalue weighted by Crippen LogP contribution is -2.55. The number of urea groups is 1. The molecule has 1 aliphatic heterocycles. The minimum Gasteiger partial charge on any atom is -0.368 e. The number of hydrogen-bond acceptors (Lipinski definition) is 7. The molecule has 2 saturated carbocycles. The number of hydrogen-bond donors (Lipinski definition) is 4. The number of nitrogens with one attached hydrogen (secondary N) is 3. The van der Waals surface area contributed by atoms with Crippen LogP contribution >= 0.6 is 0 Å². The number of nitrogens with two attached hydrogens (primary N) is 1. The van der Waals surface area contributed by atoms with Crippen LogP contribution in [0.1, 0.15) is 82.7 Å². The number of H-pyrrole nitrogens is 1. The molecule has 2 aliphatic carbocycles. The van der Waals surface area contributed by atoms with E-state index < -0.39 is 0 Å². The van der Waals surface area contributed by atoms with Crippen molar-refractivity contribution in [2.75, 3.05) is 24.1 Å². The number of aromatic nitrogens is 4. The molecule has 2 unspecified atom stereocenters. The number of likely N-dealkylation sites (tertiary alicyclic amines) is 1. The zero-order valence-corrected chi connectivity index (χ0v) is 21.7. The molecule has 2 atom stereocenters. The summed E-state index contributed by atoms with van der Waals surface area (Å²) in [6.07, 6.45) is 12.0. The Morgan fingerprint density at radius 1 is 1.05 bits per heavy atom. The lowest BCUT2D eigenvalue weighted by atomic mass is 9.92. The largest absolute Gasteiger partial charge is 0.368 e.